The Bertz CT molecular complexity index is 1080. The Kier molecular flexibility index (Phi) is 12.2. The highest BCUT2D eigenvalue weighted by atomic mass is 35.5. The van der Waals surface area contributed by atoms with Crippen LogP contribution in [0.2, 0.25) is 10.0 Å². The van der Waals surface area contributed by atoms with Crippen molar-refractivity contribution < 1.29 is 19.1 Å². The minimum absolute atomic E-state index is 0.192. The Morgan fingerprint density at radius 3 is 1.80 bits per heavy atom. The highest BCUT2D eigenvalue weighted by molar-refractivity contribution is 6.32. The van der Waals surface area contributed by atoms with Gasteiger partial charge in [-0.1, -0.05) is 48.5 Å². The van der Waals surface area contributed by atoms with Gasteiger partial charge in [0.05, 0.1) is 0 Å². The van der Waals surface area contributed by atoms with E-state index in [1.165, 1.54) is 12.2 Å². The molecule has 2 rings (SSSR count). The Labute approximate surface area is 216 Å². The minimum atomic E-state index is -0.516. The maximum Gasteiger partial charge on any atom is 0.306 e. The number of carbonyl (C=O) groups is 3. The van der Waals surface area contributed by atoms with Gasteiger partial charge in [-0.05, 0) is 69.2 Å². The minimum Gasteiger partial charge on any atom is -0.460 e. The molecule has 0 fully saturated rings. The van der Waals surface area contributed by atoms with Crippen LogP contribution in [-0.2, 0) is 32.1 Å². The molecule has 2 amide bonds. The van der Waals surface area contributed by atoms with Crippen LogP contribution >= 0.6 is 23.2 Å². The van der Waals surface area contributed by atoms with E-state index >= 15 is 0 Å². The van der Waals surface area contributed by atoms with Gasteiger partial charge in [0.15, 0.2) is 0 Å². The van der Waals surface area contributed by atoms with Crippen molar-refractivity contribution in [3.8, 4) is 0 Å². The molecule has 0 atom stereocenters. The van der Waals surface area contributed by atoms with E-state index in [0.29, 0.717) is 33.4 Å². The lowest BCUT2D eigenvalue weighted by molar-refractivity contribution is -0.154. The van der Waals surface area contributed by atoms with Crippen molar-refractivity contribution in [1.29, 1.82) is 0 Å². The number of carbonyl (C=O) groups excluding carboxylic acids is 3. The maximum absolute atomic E-state index is 11.8. The SMILES string of the molecule is C=CC(=O)Nc1cccc(Cl)c1CCC(=O)OC(C)(C)C.C=CC(=O)Nc1cccc(Cl)c1CN. The quantitative estimate of drug-likeness (QED) is 0.307. The number of benzene rings is 2. The molecule has 0 bridgehead atoms. The molecule has 0 unspecified atom stereocenters. The molecule has 0 aromatic heterocycles. The van der Waals surface area contributed by atoms with Gasteiger partial charge in [0.25, 0.3) is 0 Å². The molecule has 0 saturated carbocycles. The molecule has 0 aliphatic heterocycles. The van der Waals surface area contributed by atoms with Crippen LogP contribution < -0.4 is 16.4 Å². The van der Waals surface area contributed by atoms with Crippen molar-refractivity contribution in [1.82, 2.24) is 0 Å². The summed E-state index contributed by atoms with van der Waals surface area (Å²) in [6, 6.07) is 10.4. The number of rotatable bonds is 8. The fourth-order valence-electron chi connectivity index (χ4n) is 2.80. The highest BCUT2D eigenvalue weighted by Crippen LogP contribution is 2.26. The second-order valence-electron chi connectivity index (χ2n) is 8.21. The number of amides is 2. The van der Waals surface area contributed by atoms with Crippen LogP contribution in [0.4, 0.5) is 11.4 Å². The Hall–Kier alpha value is -3.13. The summed E-state index contributed by atoms with van der Waals surface area (Å²) in [6.45, 7) is 12.5. The van der Waals surface area contributed by atoms with Crippen LogP contribution in [0, 0.1) is 0 Å². The molecule has 35 heavy (non-hydrogen) atoms. The van der Waals surface area contributed by atoms with Gasteiger partial charge in [-0.25, -0.2) is 0 Å². The number of hydrogen-bond acceptors (Lipinski definition) is 5. The summed E-state index contributed by atoms with van der Waals surface area (Å²) in [5, 5.41) is 6.36. The Morgan fingerprint density at radius 2 is 1.37 bits per heavy atom. The average molecular weight is 520 g/mol. The lowest BCUT2D eigenvalue weighted by Crippen LogP contribution is -2.24. The maximum atomic E-state index is 11.8. The fraction of sp³-hybridized carbons (Fsp3) is 0.269. The highest BCUT2D eigenvalue weighted by Gasteiger charge is 2.17. The van der Waals surface area contributed by atoms with E-state index < -0.39 is 5.60 Å². The van der Waals surface area contributed by atoms with Crippen molar-refractivity contribution in [2.24, 2.45) is 5.73 Å². The van der Waals surface area contributed by atoms with Crippen LogP contribution in [0.15, 0.2) is 61.7 Å². The monoisotopic (exact) mass is 519 g/mol. The molecule has 7 nitrogen and oxygen atoms in total. The number of halogens is 2. The standard InChI is InChI=1S/C16H20ClNO3.C10H11ClN2O/c1-5-14(19)18-13-8-6-7-12(17)11(13)9-10-15(20)21-16(2,3)4;1-2-10(14)13-9-5-3-4-8(11)7(9)6-12/h5-8H,1,9-10H2,2-4H3,(H,18,19);2-5H,1,6,12H2,(H,13,14). The first-order valence-electron chi connectivity index (χ1n) is 10.7. The molecule has 2 aromatic carbocycles. The zero-order chi connectivity index (χ0) is 26.6. The van der Waals surface area contributed by atoms with Gasteiger partial charge in [-0.3, -0.25) is 14.4 Å². The second-order valence-corrected chi connectivity index (χ2v) is 9.02. The fourth-order valence-corrected chi connectivity index (χ4v) is 3.32. The van der Waals surface area contributed by atoms with Crippen molar-refractivity contribution in [2.45, 2.75) is 45.8 Å². The van der Waals surface area contributed by atoms with Crippen LogP contribution in [0.1, 0.15) is 38.3 Å². The molecule has 9 heteroatoms. The first-order chi connectivity index (χ1) is 16.4. The topological polar surface area (TPSA) is 111 Å². The van der Waals surface area contributed by atoms with Gasteiger partial charge in [0.1, 0.15) is 5.60 Å². The molecular weight excluding hydrogens is 489 g/mol. The lowest BCUT2D eigenvalue weighted by Gasteiger charge is -2.19. The predicted molar refractivity (Wildman–Crippen MR) is 143 cm³/mol. The molecule has 0 aliphatic rings. The van der Waals surface area contributed by atoms with Crippen LogP contribution in [-0.4, -0.2) is 23.4 Å². The van der Waals surface area contributed by atoms with Crippen LogP contribution in [0.25, 0.3) is 0 Å². The molecule has 0 radical (unpaired) electrons. The molecular formula is C26H31Cl2N3O4. The number of anilines is 2. The number of nitrogens with two attached hydrogens (primary N) is 1. The van der Waals surface area contributed by atoms with Gasteiger partial charge < -0.3 is 21.1 Å². The van der Waals surface area contributed by atoms with Gasteiger partial charge in [0.2, 0.25) is 11.8 Å². The summed E-state index contributed by atoms with van der Waals surface area (Å²) in [7, 11) is 0. The second kappa shape index (κ2) is 14.3. The van der Waals surface area contributed by atoms with E-state index in [4.69, 9.17) is 33.7 Å². The Morgan fingerprint density at radius 1 is 0.914 bits per heavy atom. The summed E-state index contributed by atoms with van der Waals surface area (Å²) in [4.78, 5) is 34.2. The van der Waals surface area contributed by atoms with Crippen LogP contribution in [0.5, 0.6) is 0 Å². The third kappa shape index (κ3) is 10.8. The smallest absolute Gasteiger partial charge is 0.306 e. The lowest BCUT2D eigenvalue weighted by atomic mass is 10.1. The van der Waals surface area contributed by atoms with E-state index in [0.717, 1.165) is 5.56 Å². The molecule has 0 aliphatic carbocycles. The largest absolute Gasteiger partial charge is 0.460 e. The summed E-state index contributed by atoms with van der Waals surface area (Å²) in [5.41, 5.74) is 7.63. The summed E-state index contributed by atoms with van der Waals surface area (Å²) in [6.07, 6.45) is 2.96. The average Bonchev–Trinajstić information content (AvgIpc) is 2.78. The molecule has 188 valence electrons. The number of nitrogens with one attached hydrogen (secondary N) is 2. The van der Waals surface area contributed by atoms with Gasteiger partial charge >= 0.3 is 5.97 Å². The molecule has 2 aromatic rings. The molecule has 4 N–H and O–H groups in total. The number of hydrogen-bond donors (Lipinski definition) is 3. The van der Waals surface area contributed by atoms with E-state index in [1.807, 2.05) is 20.8 Å². The zero-order valence-electron chi connectivity index (χ0n) is 20.1. The van der Waals surface area contributed by atoms with E-state index in [9.17, 15) is 14.4 Å². The Balaban J connectivity index is 0.000000379. The van der Waals surface area contributed by atoms with Gasteiger partial charge in [-0.2, -0.15) is 0 Å². The van der Waals surface area contributed by atoms with Crippen molar-refractivity contribution in [2.75, 3.05) is 10.6 Å². The summed E-state index contributed by atoms with van der Waals surface area (Å²) in [5.74, 6) is -0.902. The van der Waals surface area contributed by atoms with Crippen LogP contribution in [0.3, 0.4) is 0 Å². The first kappa shape index (κ1) is 29.9. The molecule has 0 heterocycles. The molecule has 0 spiro atoms. The van der Waals surface area contributed by atoms with Crippen molar-refractivity contribution >= 4 is 52.4 Å². The van der Waals surface area contributed by atoms with Gasteiger partial charge in [-0.15, -0.1) is 0 Å². The van der Waals surface area contributed by atoms with Gasteiger partial charge in [0, 0.05) is 39.9 Å². The van der Waals surface area contributed by atoms with E-state index in [1.54, 1.807) is 36.4 Å². The number of ether oxygens (including phenoxy) is 1. The number of esters is 1. The van der Waals surface area contributed by atoms with Crippen molar-refractivity contribution in [3.63, 3.8) is 0 Å². The zero-order valence-corrected chi connectivity index (χ0v) is 21.6. The summed E-state index contributed by atoms with van der Waals surface area (Å²) >= 11 is 12.0. The predicted octanol–water partition coefficient (Wildman–Crippen LogP) is 5.66. The summed E-state index contributed by atoms with van der Waals surface area (Å²) < 4.78 is 5.26. The normalized spacial score (nSPS) is 10.3. The van der Waals surface area contributed by atoms with E-state index in [-0.39, 0.29) is 30.7 Å². The molecule has 0 saturated heterocycles. The third-order valence-electron chi connectivity index (χ3n) is 4.33. The van der Waals surface area contributed by atoms with E-state index in [2.05, 4.69) is 23.8 Å². The van der Waals surface area contributed by atoms with Crippen molar-refractivity contribution in [3.05, 3.63) is 82.9 Å². The third-order valence-corrected chi connectivity index (χ3v) is 5.04. The first-order valence-corrected chi connectivity index (χ1v) is 11.5.